The molecule has 0 heterocycles. The van der Waals surface area contributed by atoms with Crippen LogP contribution in [0.1, 0.15) is 19.8 Å². The van der Waals surface area contributed by atoms with Crippen molar-refractivity contribution in [3.05, 3.63) is 58.6 Å². The van der Waals surface area contributed by atoms with E-state index in [1.807, 2.05) is 24.3 Å². The van der Waals surface area contributed by atoms with E-state index in [0.29, 0.717) is 6.61 Å². The van der Waals surface area contributed by atoms with Crippen molar-refractivity contribution in [1.82, 2.24) is 0 Å². The fourth-order valence-corrected chi connectivity index (χ4v) is 11.6. The number of hydrogen-bond donors (Lipinski definition) is 0. The molecule has 0 aliphatic carbocycles. The van der Waals surface area contributed by atoms with E-state index in [2.05, 4.69) is 24.3 Å². The van der Waals surface area contributed by atoms with Gasteiger partial charge >= 0.3 is 155 Å². The molecule has 0 N–H and O–H groups in total. The second-order valence-electron chi connectivity index (χ2n) is 5.49. The normalized spacial score (nSPS) is 10.8. The molecule has 0 saturated carbocycles. The summed E-state index contributed by atoms with van der Waals surface area (Å²) in [6.07, 6.45) is 1.98. The number of carbonyl (C=O) groups excluding carboxylic acids is 1. The van der Waals surface area contributed by atoms with E-state index in [0.717, 1.165) is 22.9 Å². The number of halogens is 2. The van der Waals surface area contributed by atoms with E-state index in [4.69, 9.17) is 27.9 Å². The second kappa shape index (κ2) is 9.55. The molecule has 0 fully saturated rings. The van der Waals surface area contributed by atoms with Crippen LogP contribution in [0.4, 0.5) is 0 Å². The van der Waals surface area contributed by atoms with Gasteiger partial charge in [-0.1, -0.05) is 0 Å². The Kier molecular flexibility index (Phi) is 7.74. The molecule has 0 radical (unpaired) electrons. The predicted octanol–water partition coefficient (Wildman–Crippen LogP) is 3.68. The van der Waals surface area contributed by atoms with E-state index in [1.165, 1.54) is 18.5 Å². The molecule has 23 heavy (non-hydrogen) atoms. The first kappa shape index (κ1) is 18.6. The Morgan fingerprint density at radius 3 is 1.83 bits per heavy atom. The number of ether oxygens (including phenoxy) is 1. The fourth-order valence-electron chi connectivity index (χ4n) is 2.58. The van der Waals surface area contributed by atoms with Gasteiger partial charge in [-0.15, -0.1) is 0 Å². The summed E-state index contributed by atoms with van der Waals surface area (Å²) in [5, 5.41) is 1.54. The van der Waals surface area contributed by atoms with Gasteiger partial charge in [-0.3, -0.25) is 0 Å². The average Bonchev–Trinajstić information content (AvgIpc) is 2.53. The summed E-state index contributed by atoms with van der Waals surface area (Å²) < 4.78 is 9.08. The quantitative estimate of drug-likeness (QED) is 0.360. The van der Waals surface area contributed by atoms with E-state index in [9.17, 15) is 4.79 Å². The summed E-state index contributed by atoms with van der Waals surface area (Å²) in [5.41, 5.74) is 0. The molecule has 2 aromatic rings. The number of rotatable bonds is 7. The fraction of sp³-hybridized carbons (Fsp3) is 0.278. The maximum atomic E-state index is 10.8. The Morgan fingerprint density at radius 1 is 0.913 bits per heavy atom. The molecule has 0 aromatic heterocycles. The summed E-state index contributed by atoms with van der Waals surface area (Å²) >= 11 is 9.90. The molecule has 2 aromatic carbocycles. The summed E-state index contributed by atoms with van der Waals surface area (Å²) in [6, 6.07) is 16.5. The molecule has 122 valence electrons. The van der Waals surface area contributed by atoms with E-state index in [-0.39, 0.29) is 5.97 Å². The van der Waals surface area contributed by atoms with Crippen LogP contribution >= 0.6 is 23.2 Å². The molecule has 0 atom stereocenters. The molecular weight excluding hydrogens is 438 g/mol. The molecule has 2 rings (SSSR count). The molecule has 0 unspecified atom stereocenters. The minimum atomic E-state index is -2.13. The molecule has 0 aliphatic heterocycles. The molecule has 0 spiro atoms. The van der Waals surface area contributed by atoms with Gasteiger partial charge in [0.05, 0.1) is 0 Å². The Balaban J connectivity index is 2.07. The zero-order valence-corrected chi connectivity index (χ0v) is 17.9. The summed E-state index contributed by atoms with van der Waals surface area (Å²) in [4.78, 5) is 10.8. The van der Waals surface area contributed by atoms with Crippen molar-refractivity contribution < 1.29 is 9.53 Å². The van der Waals surface area contributed by atoms with Crippen LogP contribution in [0, 0.1) is 0 Å². The van der Waals surface area contributed by atoms with E-state index in [1.54, 1.807) is 0 Å². The number of unbranched alkanes of at least 4 members (excludes halogenated alkanes) is 1. The van der Waals surface area contributed by atoms with E-state index < -0.39 is 19.8 Å². The molecule has 0 saturated heterocycles. The third-order valence-corrected chi connectivity index (χ3v) is 13.8. The number of benzene rings is 2. The van der Waals surface area contributed by atoms with Crippen LogP contribution in [0.25, 0.3) is 0 Å². The van der Waals surface area contributed by atoms with Gasteiger partial charge in [0.15, 0.2) is 0 Å². The molecule has 0 bridgehead atoms. The zero-order valence-electron chi connectivity index (χ0n) is 13.1. The first-order chi connectivity index (χ1) is 11.1. The number of carbonyl (C=O) groups is 1. The monoisotopic (exact) mass is 458 g/mol. The molecule has 2 nitrogen and oxygen atoms in total. The van der Waals surface area contributed by atoms with Crippen molar-refractivity contribution in [2.24, 2.45) is 0 Å². The Labute approximate surface area is 154 Å². The van der Waals surface area contributed by atoms with Gasteiger partial charge in [0.2, 0.25) is 0 Å². The molecule has 0 aliphatic rings. The summed E-state index contributed by atoms with van der Waals surface area (Å²) in [7, 11) is 0. The molecule has 0 amide bonds. The Hall–Kier alpha value is -0.711. The van der Waals surface area contributed by atoms with Crippen molar-refractivity contribution in [2.45, 2.75) is 24.2 Å². The van der Waals surface area contributed by atoms with E-state index >= 15 is 0 Å². The van der Waals surface area contributed by atoms with Gasteiger partial charge in [0.25, 0.3) is 0 Å². The van der Waals surface area contributed by atoms with Crippen LogP contribution in [0.3, 0.4) is 0 Å². The van der Waals surface area contributed by atoms with Gasteiger partial charge in [-0.05, 0) is 0 Å². The topological polar surface area (TPSA) is 26.3 Å². The van der Waals surface area contributed by atoms with Crippen molar-refractivity contribution in [3.63, 3.8) is 0 Å². The molecule has 5 heteroatoms. The van der Waals surface area contributed by atoms with Gasteiger partial charge in [-0.2, -0.15) is 0 Å². The first-order valence-corrected chi connectivity index (χ1v) is 14.1. The minimum absolute atomic E-state index is 0.208. The maximum absolute atomic E-state index is 10.8. The predicted molar refractivity (Wildman–Crippen MR) is 100.0 cm³/mol. The number of hydrogen-bond acceptors (Lipinski definition) is 2. The second-order valence-corrected chi connectivity index (χ2v) is 15.0. The van der Waals surface area contributed by atoms with Crippen molar-refractivity contribution >= 4 is 56.1 Å². The van der Waals surface area contributed by atoms with Crippen LogP contribution in [-0.4, -0.2) is 32.3 Å². The summed E-state index contributed by atoms with van der Waals surface area (Å²) in [6.45, 7) is 1.96. The van der Waals surface area contributed by atoms with Crippen LogP contribution in [0.5, 0.6) is 0 Å². The standard InChI is InChI=1S/2C6H4Cl.C6H11O2.Sn.H/c2*7-6-4-2-1-3-5-6;1-3-4-5-8-6(2)7;;/h2*2-5H;1,3-5H2,2H3;;. The third kappa shape index (κ3) is 6.36. The van der Waals surface area contributed by atoms with Crippen molar-refractivity contribution in [2.75, 3.05) is 6.61 Å². The molecular formula is C18H20Cl2O2Sn. The van der Waals surface area contributed by atoms with Crippen LogP contribution in [0.2, 0.25) is 14.5 Å². The Morgan fingerprint density at radius 2 is 1.39 bits per heavy atom. The third-order valence-electron chi connectivity index (χ3n) is 3.74. The zero-order chi connectivity index (χ0) is 16.7. The summed E-state index contributed by atoms with van der Waals surface area (Å²) in [5.74, 6) is -0.208. The van der Waals surface area contributed by atoms with Crippen molar-refractivity contribution in [1.29, 1.82) is 0 Å². The average molecular weight is 458 g/mol. The van der Waals surface area contributed by atoms with Gasteiger partial charge in [-0.25, -0.2) is 0 Å². The van der Waals surface area contributed by atoms with Crippen LogP contribution in [-0.2, 0) is 9.53 Å². The van der Waals surface area contributed by atoms with Gasteiger partial charge in [0.1, 0.15) is 0 Å². The number of esters is 1. The van der Waals surface area contributed by atoms with Gasteiger partial charge < -0.3 is 0 Å². The van der Waals surface area contributed by atoms with Crippen LogP contribution < -0.4 is 7.16 Å². The first-order valence-electron chi connectivity index (χ1n) is 7.70. The Bertz CT molecular complexity index is 581. The van der Waals surface area contributed by atoms with Crippen LogP contribution in [0.15, 0.2) is 48.5 Å². The SMILES string of the molecule is CC(=O)OCCC[CH2][SnH]([c]1ccc(Cl)cc1)[c]1ccc(Cl)cc1. The van der Waals surface area contributed by atoms with Crippen molar-refractivity contribution in [3.8, 4) is 0 Å². The van der Waals surface area contributed by atoms with Gasteiger partial charge in [0, 0.05) is 0 Å².